The molecule has 0 aromatic heterocycles. The number of ether oxygens (including phenoxy) is 2. The largest absolute Gasteiger partial charge is 0.459 e. The van der Waals surface area contributed by atoms with Crippen LogP contribution in [0.25, 0.3) is 0 Å². The first-order valence-corrected chi connectivity index (χ1v) is 5.40. The van der Waals surface area contributed by atoms with Crippen LogP contribution in [-0.2, 0) is 14.3 Å². The van der Waals surface area contributed by atoms with E-state index in [2.05, 4.69) is 5.32 Å². The number of rotatable bonds is 3. The molecule has 1 rings (SSSR count). The second kappa shape index (κ2) is 4.94. The molecule has 0 aliphatic carbocycles. The zero-order valence-corrected chi connectivity index (χ0v) is 10.0. The molecule has 0 amide bonds. The average molecular weight is 215 g/mol. The lowest BCUT2D eigenvalue weighted by Gasteiger charge is -2.22. The predicted octanol–water partition coefficient (Wildman–Crippen LogP) is 1.10. The van der Waals surface area contributed by atoms with E-state index in [9.17, 15) is 4.79 Å². The Morgan fingerprint density at radius 2 is 2.07 bits per heavy atom. The minimum absolute atomic E-state index is 0.152. The Morgan fingerprint density at radius 1 is 1.40 bits per heavy atom. The summed E-state index contributed by atoms with van der Waals surface area (Å²) in [7, 11) is 1.67. The van der Waals surface area contributed by atoms with Crippen LogP contribution in [0.15, 0.2) is 0 Å². The summed E-state index contributed by atoms with van der Waals surface area (Å²) in [6.45, 7) is 6.30. The molecule has 0 radical (unpaired) electrons. The second-order valence-corrected chi connectivity index (χ2v) is 4.98. The molecule has 0 spiro atoms. The van der Waals surface area contributed by atoms with Crippen molar-refractivity contribution in [3.05, 3.63) is 0 Å². The van der Waals surface area contributed by atoms with E-state index in [1.165, 1.54) is 0 Å². The van der Waals surface area contributed by atoms with Crippen molar-refractivity contribution in [2.24, 2.45) is 0 Å². The van der Waals surface area contributed by atoms with Gasteiger partial charge < -0.3 is 9.47 Å². The molecule has 0 saturated carbocycles. The van der Waals surface area contributed by atoms with Gasteiger partial charge in [-0.15, -0.1) is 0 Å². The van der Waals surface area contributed by atoms with E-state index in [0.29, 0.717) is 6.61 Å². The SMILES string of the molecule is COC[C@@H]1CC[C@H](C(=O)OC(C)(C)C)N1. The number of hydrogen-bond donors (Lipinski definition) is 1. The van der Waals surface area contributed by atoms with Crippen molar-refractivity contribution in [1.29, 1.82) is 0 Å². The van der Waals surface area contributed by atoms with Crippen LogP contribution < -0.4 is 5.32 Å². The Kier molecular flexibility index (Phi) is 4.11. The van der Waals surface area contributed by atoms with Crippen molar-refractivity contribution in [3.8, 4) is 0 Å². The summed E-state index contributed by atoms with van der Waals surface area (Å²) < 4.78 is 10.3. The molecule has 1 fully saturated rings. The van der Waals surface area contributed by atoms with Gasteiger partial charge in [-0.1, -0.05) is 0 Å². The quantitative estimate of drug-likeness (QED) is 0.716. The molecule has 15 heavy (non-hydrogen) atoms. The average Bonchev–Trinajstić information content (AvgIpc) is 2.50. The summed E-state index contributed by atoms with van der Waals surface area (Å²) in [4.78, 5) is 11.7. The highest BCUT2D eigenvalue weighted by molar-refractivity contribution is 5.76. The van der Waals surface area contributed by atoms with Crippen LogP contribution in [0, 0.1) is 0 Å². The van der Waals surface area contributed by atoms with E-state index in [0.717, 1.165) is 12.8 Å². The highest BCUT2D eigenvalue weighted by atomic mass is 16.6. The molecule has 1 N–H and O–H groups in total. The molecular weight excluding hydrogens is 194 g/mol. The van der Waals surface area contributed by atoms with Gasteiger partial charge in [0.15, 0.2) is 0 Å². The van der Waals surface area contributed by atoms with Crippen molar-refractivity contribution >= 4 is 5.97 Å². The summed E-state index contributed by atoms with van der Waals surface area (Å²) in [5.41, 5.74) is -0.405. The fraction of sp³-hybridized carbons (Fsp3) is 0.909. The standard InChI is InChI=1S/C11H21NO3/c1-11(2,3)15-10(13)9-6-5-8(12-9)7-14-4/h8-9,12H,5-7H2,1-4H3/t8-,9+/m0/s1. The number of carbonyl (C=O) groups is 1. The highest BCUT2D eigenvalue weighted by Gasteiger charge is 2.32. The Hall–Kier alpha value is -0.610. The molecular formula is C11H21NO3. The van der Waals surface area contributed by atoms with E-state index in [1.54, 1.807) is 7.11 Å². The Labute approximate surface area is 91.3 Å². The van der Waals surface area contributed by atoms with Crippen LogP contribution in [0.2, 0.25) is 0 Å². The van der Waals surface area contributed by atoms with E-state index >= 15 is 0 Å². The molecule has 0 aromatic rings. The molecule has 1 aliphatic heterocycles. The van der Waals surface area contributed by atoms with Gasteiger partial charge in [0.05, 0.1) is 6.61 Å². The van der Waals surface area contributed by atoms with Gasteiger partial charge in [0.25, 0.3) is 0 Å². The van der Waals surface area contributed by atoms with Crippen LogP contribution >= 0.6 is 0 Å². The van der Waals surface area contributed by atoms with Gasteiger partial charge in [0.2, 0.25) is 0 Å². The van der Waals surface area contributed by atoms with Crippen LogP contribution in [0.4, 0.5) is 0 Å². The van der Waals surface area contributed by atoms with Crippen molar-refractivity contribution in [1.82, 2.24) is 5.32 Å². The zero-order chi connectivity index (χ0) is 11.5. The van der Waals surface area contributed by atoms with E-state index in [4.69, 9.17) is 9.47 Å². The maximum Gasteiger partial charge on any atom is 0.323 e. The number of hydrogen-bond acceptors (Lipinski definition) is 4. The maximum atomic E-state index is 11.7. The lowest BCUT2D eigenvalue weighted by molar-refractivity contribution is -0.157. The van der Waals surface area contributed by atoms with Gasteiger partial charge >= 0.3 is 5.97 Å². The number of nitrogens with one attached hydrogen (secondary N) is 1. The first kappa shape index (κ1) is 12.5. The minimum atomic E-state index is -0.405. The van der Waals surface area contributed by atoms with E-state index in [-0.39, 0.29) is 18.1 Å². The molecule has 88 valence electrons. The minimum Gasteiger partial charge on any atom is -0.459 e. The van der Waals surface area contributed by atoms with Crippen molar-refractivity contribution < 1.29 is 14.3 Å². The van der Waals surface area contributed by atoms with Gasteiger partial charge in [0, 0.05) is 13.2 Å². The Bertz CT molecular complexity index is 222. The van der Waals surface area contributed by atoms with Crippen LogP contribution in [0.1, 0.15) is 33.6 Å². The highest BCUT2D eigenvalue weighted by Crippen LogP contribution is 2.17. The Morgan fingerprint density at radius 3 is 2.60 bits per heavy atom. The number of esters is 1. The monoisotopic (exact) mass is 215 g/mol. The molecule has 2 atom stereocenters. The van der Waals surface area contributed by atoms with Gasteiger partial charge in [0.1, 0.15) is 11.6 Å². The first-order chi connectivity index (χ1) is 6.92. The lowest BCUT2D eigenvalue weighted by Crippen LogP contribution is -2.41. The van der Waals surface area contributed by atoms with Gasteiger partial charge in [-0.05, 0) is 33.6 Å². The van der Waals surface area contributed by atoms with Crippen LogP contribution in [0.3, 0.4) is 0 Å². The molecule has 0 bridgehead atoms. The van der Waals surface area contributed by atoms with E-state index in [1.807, 2.05) is 20.8 Å². The molecule has 0 unspecified atom stereocenters. The molecule has 4 nitrogen and oxygen atoms in total. The topological polar surface area (TPSA) is 47.6 Å². The van der Waals surface area contributed by atoms with Gasteiger partial charge in [-0.2, -0.15) is 0 Å². The van der Waals surface area contributed by atoms with Crippen molar-refractivity contribution in [3.63, 3.8) is 0 Å². The van der Waals surface area contributed by atoms with E-state index < -0.39 is 5.60 Å². The van der Waals surface area contributed by atoms with Crippen molar-refractivity contribution in [2.75, 3.05) is 13.7 Å². The maximum absolute atomic E-state index is 11.7. The summed E-state index contributed by atoms with van der Waals surface area (Å²) in [5, 5.41) is 3.21. The number of methoxy groups -OCH3 is 1. The smallest absolute Gasteiger partial charge is 0.323 e. The Balaban J connectivity index is 2.37. The lowest BCUT2D eigenvalue weighted by atomic mass is 10.1. The summed E-state index contributed by atoms with van der Waals surface area (Å²) in [6, 6.07) is 0.122. The first-order valence-electron chi connectivity index (χ1n) is 5.40. The molecule has 4 heteroatoms. The molecule has 1 aliphatic rings. The van der Waals surface area contributed by atoms with Crippen LogP contribution in [0.5, 0.6) is 0 Å². The molecule has 1 saturated heterocycles. The van der Waals surface area contributed by atoms with Gasteiger partial charge in [-0.3, -0.25) is 10.1 Å². The third kappa shape index (κ3) is 4.18. The third-order valence-electron chi connectivity index (χ3n) is 2.30. The predicted molar refractivity (Wildman–Crippen MR) is 57.7 cm³/mol. The van der Waals surface area contributed by atoms with Crippen molar-refractivity contribution in [2.45, 2.75) is 51.3 Å². The fourth-order valence-corrected chi connectivity index (χ4v) is 1.71. The van der Waals surface area contributed by atoms with Gasteiger partial charge in [-0.25, -0.2) is 0 Å². The summed E-state index contributed by atoms with van der Waals surface area (Å²) >= 11 is 0. The second-order valence-electron chi connectivity index (χ2n) is 4.98. The fourth-order valence-electron chi connectivity index (χ4n) is 1.71. The normalized spacial score (nSPS) is 26.7. The van der Waals surface area contributed by atoms with Crippen LogP contribution in [-0.4, -0.2) is 37.4 Å². The molecule has 0 aromatic carbocycles. The third-order valence-corrected chi connectivity index (χ3v) is 2.30. The zero-order valence-electron chi connectivity index (χ0n) is 10.0. The number of carbonyl (C=O) groups excluding carboxylic acids is 1. The summed E-state index contributed by atoms with van der Waals surface area (Å²) in [6.07, 6.45) is 1.81. The molecule has 1 heterocycles. The summed E-state index contributed by atoms with van der Waals surface area (Å²) in [5.74, 6) is -0.152.